The van der Waals surface area contributed by atoms with Crippen LogP contribution in [0.15, 0.2) is 35.2 Å². The van der Waals surface area contributed by atoms with Gasteiger partial charge in [0, 0.05) is 38.2 Å². The number of piperidine rings is 1. The maximum atomic E-state index is 14.8. The molecule has 0 saturated carbocycles. The number of thiophene rings is 1. The van der Waals surface area contributed by atoms with Crippen molar-refractivity contribution in [3.05, 3.63) is 46.6 Å². The number of benzene rings is 2. The molecular weight excluding hydrogens is 636 g/mol. The monoisotopic (exact) mass is 670 g/mol. The van der Waals surface area contributed by atoms with E-state index in [4.69, 9.17) is 9.84 Å². The third-order valence-corrected chi connectivity index (χ3v) is 9.75. The van der Waals surface area contributed by atoms with Gasteiger partial charge in [0.15, 0.2) is 0 Å². The number of halogens is 4. The lowest BCUT2D eigenvalue weighted by atomic mass is 10.0. The van der Waals surface area contributed by atoms with E-state index in [1.54, 1.807) is 16.9 Å². The number of carbonyl (C=O) groups is 1. The number of sulfonamides is 1. The molecule has 1 aliphatic rings. The maximum Gasteiger partial charge on any atom is 0.393 e. The van der Waals surface area contributed by atoms with Crippen LogP contribution in [0.4, 0.5) is 28.9 Å². The fraction of sp³-hybridized carbons (Fsp3) is 0.433. The Hall–Kier alpha value is -3.58. The summed E-state index contributed by atoms with van der Waals surface area (Å²) in [5.74, 6) is 3.35. The van der Waals surface area contributed by atoms with Crippen LogP contribution in [0, 0.1) is 17.7 Å². The molecule has 1 aliphatic heterocycles. The Morgan fingerprint density at radius 3 is 2.58 bits per heavy atom. The molecule has 0 spiro atoms. The van der Waals surface area contributed by atoms with E-state index in [0.717, 1.165) is 57.2 Å². The van der Waals surface area contributed by atoms with E-state index in [9.17, 15) is 30.8 Å². The van der Waals surface area contributed by atoms with Gasteiger partial charge in [0.2, 0.25) is 5.91 Å². The molecule has 9 nitrogen and oxygen atoms in total. The Morgan fingerprint density at radius 2 is 1.93 bits per heavy atom. The Kier molecular flexibility index (Phi) is 11.2. The molecule has 2 aromatic carbocycles. The highest BCUT2D eigenvalue weighted by Gasteiger charge is 2.31. The van der Waals surface area contributed by atoms with Crippen LogP contribution in [0.1, 0.15) is 37.1 Å². The van der Waals surface area contributed by atoms with E-state index >= 15 is 0 Å². The van der Waals surface area contributed by atoms with Gasteiger partial charge < -0.3 is 25.4 Å². The van der Waals surface area contributed by atoms with Crippen LogP contribution in [-0.4, -0.2) is 75.9 Å². The van der Waals surface area contributed by atoms with Crippen LogP contribution in [0.5, 0.6) is 5.75 Å². The summed E-state index contributed by atoms with van der Waals surface area (Å²) in [5.41, 5.74) is 0.826. The summed E-state index contributed by atoms with van der Waals surface area (Å²) in [6.45, 7) is 5.11. The van der Waals surface area contributed by atoms with Crippen molar-refractivity contribution >= 4 is 48.7 Å². The summed E-state index contributed by atoms with van der Waals surface area (Å²) in [6.07, 6.45) is -3.77. The molecule has 0 unspecified atom stereocenters. The first kappa shape index (κ1) is 34.3. The molecule has 244 valence electrons. The van der Waals surface area contributed by atoms with Crippen LogP contribution >= 0.6 is 11.3 Å². The molecule has 4 rings (SSSR count). The number of hydrogen-bond donors (Lipinski definition) is 4. The number of nitrogens with zero attached hydrogens (tertiary/aromatic N) is 1. The Bertz CT molecular complexity index is 1690. The second-order valence-corrected chi connectivity index (χ2v) is 13.1. The average Bonchev–Trinajstić information content (AvgIpc) is 3.31. The number of rotatable bonds is 11. The van der Waals surface area contributed by atoms with Gasteiger partial charge in [-0.05, 0) is 36.4 Å². The summed E-state index contributed by atoms with van der Waals surface area (Å²) in [6, 6.07) is 7.15. The lowest BCUT2D eigenvalue weighted by Gasteiger charge is -2.32. The van der Waals surface area contributed by atoms with Gasteiger partial charge >= 0.3 is 6.18 Å². The topological polar surface area (TPSA) is 120 Å². The predicted molar refractivity (Wildman–Crippen MR) is 166 cm³/mol. The summed E-state index contributed by atoms with van der Waals surface area (Å²) in [5, 5.41) is 15.9. The zero-order valence-corrected chi connectivity index (χ0v) is 26.3. The first-order valence-corrected chi connectivity index (χ1v) is 16.5. The van der Waals surface area contributed by atoms with Crippen LogP contribution < -0.4 is 20.1 Å². The third-order valence-electron chi connectivity index (χ3n) is 7.11. The molecule has 0 radical (unpaired) electrons. The number of alkyl halides is 3. The summed E-state index contributed by atoms with van der Waals surface area (Å²) >= 11 is 1.17. The first-order chi connectivity index (χ1) is 21.3. The van der Waals surface area contributed by atoms with Gasteiger partial charge in [-0.1, -0.05) is 30.9 Å². The first-order valence-electron chi connectivity index (χ1n) is 14.2. The lowest BCUT2D eigenvalue weighted by molar-refractivity contribution is -0.127. The zero-order valence-electron chi connectivity index (χ0n) is 24.7. The average molecular weight is 671 g/mol. The Balaban J connectivity index is 1.61. The minimum Gasteiger partial charge on any atom is -0.489 e. The molecule has 1 aromatic heterocycles. The molecule has 2 heterocycles. The van der Waals surface area contributed by atoms with Gasteiger partial charge in [-0.25, -0.2) is 17.5 Å². The molecule has 1 saturated heterocycles. The van der Waals surface area contributed by atoms with Crippen LogP contribution in [0.2, 0.25) is 0 Å². The van der Waals surface area contributed by atoms with E-state index in [0.29, 0.717) is 10.1 Å². The van der Waals surface area contributed by atoms with Crippen molar-refractivity contribution in [1.29, 1.82) is 0 Å². The van der Waals surface area contributed by atoms with Crippen molar-refractivity contribution in [2.45, 2.75) is 50.2 Å². The number of likely N-dealkylation sites (tertiary alicyclic amines) is 1. The SMILES string of the molecule is CCN1CCC(Nc2cccc3c(CC(F)(F)F)c(C#CCNc4cc(F)c(S(=O)(=O)NC(C)=O)cc4OCCO)sc23)CC1. The van der Waals surface area contributed by atoms with Crippen molar-refractivity contribution < 1.29 is 40.6 Å². The third kappa shape index (κ3) is 9.00. The maximum absolute atomic E-state index is 14.8. The van der Waals surface area contributed by atoms with Crippen molar-refractivity contribution in [2.75, 3.05) is 50.0 Å². The largest absolute Gasteiger partial charge is 0.489 e. The molecule has 0 bridgehead atoms. The number of amides is 1. The van der Waals surface area contributed by atoms with Gasteiger partial charge in [-0.3, -0.25) is 4.79 Å². The van der Waals surface area contributed by atoms with Crippen molar-refractivity contribution in [3.63, 3.8) is 0 Å². The summed E-state index contributed by atoms with van der Waals surface area (Å²) in [4.78, 5) is 13.0. The highest BCUT2D eigenvalue weighted by Crippen LogP contribution is 2.39. The van der Waals surface area contributed by atoms with E-state index in [2.05, 4.69) is 34.3 Å². The van der Waals surface area contributed by atoms with Crippen LogP contribution in [0.25, 0.3) is 10.1 Å². The number of anilines is 2. The van der Waals surface area contributed by atoms with Gasteiger partial charge in [0.25, 0.3) is 10.0 Å². The molecule has 3 aromatic rings. The minimum atomic E-state index is -4.54. The van der Waals surface area contributed by atoms with E-state index < -0.39 is 45.8 Å². The number of aliphatic hydroxyl groups is 1. The lowest BCUT2D eigenvalue weighted by Crippen LogP contribution is -2.38. The number of aliphatic hydroxyl groups excluding tert-OH is 1. The van der Waals surface area contributed by atoms with E-state index in [-0.39, 0.29) is 41.1 Å². The molecular formula is C30H34F4N4O5S2. The molecule has 0 atom stereocenters. The second-order valence-electron chi connectivity index (χ2n) is 10.4. The predicted octanol–water partition coefficient (Wildman–Crippen LogP) is 4.70. The zero-order chi connectivity index (χ0) is 32.8. The molecule has 4 N–H and O–H groups in total. The Labute approximate surface area is 263 Å². The highest BCUT2D eigenvalue weighted by atomic mass is 32.2. The highest BCUT2D eigenvalue weighted by molar-refractivity contribution is 7.90. The van der Waals surface area contributed by atoms with Crippen molar-refractivity contribution in [2.24, 2.45) is 0 Å². The smallest absolute Gasteiger partial charge is 0.393 e. The number of carbonyl (C=O) groups excluding carboxylic acids is 1. The van der Waals surface area contributed by atoms with Crippen molar-refractivity contribution in [3.8, 4) is 17.6 Å². The number of hydrogen-bond acceptors (Lipinski definition) is 9. The Morgan fingerprint density at radius 1 is 1.20 bits per heavy atom. The van der Waals surface area contributed by atoms with Crippen LogP contribution in [0.3, 0.4) is 0 Å². The van der Waals surface area contributed by atoms with Crippen molar-refractivity contribution in [1.82, 2.24) is 9.62 Å². The fourth-order valence-electron chi connectivity index (χ4n) is 5.04. The van der Waals surface area contributed by atoms with Crippen LogP contribution in [-0.2, 0) is 21.2 Å². The standard InChI is InChI=1S/C30H34F4N4O5S2/c1-3-38-12-9-20(10-13-38)36-24-7-4-6-21-22(18-30(32,33)34)27(44-29(21)24)8-5-11-35-25-16-23(31)28(17-26(25)43-15-14-39)45(41,42)37-19(2)40/h4,6-7,16-17,20,35-36,39H,3,9-15,18H2,1-2H3,(H,37,40). The molecule has 15 heteroatoms. The number of nitrogens with one attached hydrogen (secondary N) is 3. The van der Waals surface area contributed by atoms with E-state index in [1.807, 2.05) is 6.07 Å². The van der Waals surface area contributed by atoms with Gasteiger partial charge in [-0.15, -0.1) is 11.3 Å². The van der Waals surface area contributed by atoms with E-state index in [1.165, 1.54) is 11.3 Å². The van der Waals surface area contributed by atoms with Gasteiger partial charge in [0.05, 0.1) is 40.5 Å². The number of fused-ring (bicyclic) bond motifs is 1. The molecule has 1 fully saturated rings. The molecule has 45 heavy (non-hydrogen) atoms. The minimum absolute atomic E-state index is 0.00973. The molecule has 1 amide bonds. The fourth-order valence-corrected chi connectivity index (χ4v) is 7.27. The second kappa shape index (κ2) is 14.7. The molecule has 0 aliphatic carbocycles. The summed E-state index contributed by atoms with van der Waals surface area (Å²) < 4.78 is 88.2. The summed E-state index contributed by atoms with van der Waals surface area (Å²) in [7, 11) is -4.54. The van der Waals surface area contributed by atoms with Gasteiger partial charge in [0.1, 0.15) is 23.1 Å². The number of ether oxygens (including phenoxy) is 1. The van der Waals surface area contributed by atoms with Gasteiger partial charge in [-0.2, -0.15) is 13.2 Å². The normalized spacial score (nSPS) is 14.6. The quantitative estimate of drug-likeness (QED) is 0.171.